The summed E-state index contributed by atoms with van der Waals surface area (Å²) in [5, 5.41) is 23.2. The van der Waals surface area contributed by atoms with Gasteiger partial charge in [0.05, 0.1) is 31.5 Å². The van der Waals surface area contributed by atoms with Gasteiger partial charge in [-0.05, 0) is 21.5 Å². The Morgan fingerprint density at radius 1 is 1.33 bits per heavy atom. The van der Waals surface area contributed by atoms with Crippen molar-refractivity contribution in [2.45, 2.75) is 13.2 Å². The number of halogens is 1. The van der Waals surface area contributed by atoms with Crippen LogP contribution in [0.3, 0.4) is 0 Å². The van der Waals surface area contributed by atoms with Gasteiger partial charge in [0.1, 0.15) is 0 Å². The summed E-state index contributed by atoms with van der Waals surface area (Å²) in [6, 6.07) is 3.77. The first-order valence-electron chi connectivity index (χ1n) is 4.62. The van der Waals surface area contributed by atoms with E-state index >= 15 is 0 Å². The third-order valence-electron chi connectivity index (χ3n) is 2.30. The molecule has 0 amide bonds. The molecule has 0 aliphatic rings. The van der Waals surface area contributed by atoms with Crippen molar-refractivity contribution in [3.05, 3.63) is 28.4 Å². The predicted molar refractivity (Wildman–Crippen MR) is 60.4 cm³/mol. The number of hydrogen-bond donors (Lipinski definition) is 2. The average Bonchev–Trinajstić information content (AvgIpc) is 2.64. The van der Waals surface area contributed by atoms with Gasteiger partial charge in [-0.2, -0.15) is 5.10 Å². The fourth-order valence-corrected chi connectivity index (χ4v) is 2.25. The lowest BCUT2D eigenvalue weighted by Gasteiger charge is -2.05. The van der Waals surface area contributed by atoms with Crippen LogP contribution in [-0.2, 0) is 13.2 Å². The van der Waals surface area contributed by atoms with E-state index in [0.29, 0.717) is 6.54 Å². The van der Waals surface area contributed by atoms with E-state index in [0.717, 1.165) is 20.9 Å². The molecular weight excluding hydrogens is 260 g/mol. The first-order chi connectivity index (χ1) is 7.27. The molecule has 5 heteroatoms. The van der Waals surface area contributed by atoms with Crippen LogP contribution in [0.2, 0.25) is 0 Å². The van der Waals surface area contributed by atoms with Crippen molar-refractivity contribution in [3.8, 4) is 0 Å². The van der Waals surface area contributed by atoms with E-state index in [2.05, 4.69) is 21.0 Å². The summed E-state index contributed by atoms with van der Waals surface area (Å²) < 4.78 is 2.56. The highest BCUT2D eigenvalue weighted by atomic mass is 79.9. The molecule has 80 valence electrons. The summed E-state index contributed by atoms with van der Waals surface area (Å²) >= 11 is 3.44. The molecule has 0 radical (unpaired) electrons. The Balaban J connectivity index is 2.65. The predicted octanol–water partition coefficient (Wildman–Crippen LogP) is 1.28. The summed E-state index contributed by atoms with van der Waals surface area (Å²) in [4.78, 5) is 0. The Hall–Kier alpha value is -0.910. The third kappa shape index (κ3) is 1.78. The zero-order valence-corrected chi connectivity index (χ0v) is 9.61. The van der Waals surface area contributed by atoms with Crippen LogP contribution in [0.25, 0.3) is 10.9 Å². The van der Waals surface area contributed by atoms with Crippen LogP contribution in [-0.4, -0.2) is 26.6 Å². The number of rotatable bonds is 3. The van der Waals surface area contributed by atoms with Gasteiger partial charge in [-0.15, -0.1) is 0 Å². The van der Waals surface area contributed by atoms with Gasteiger partial charge in [-0.3, -0.25) is 4.68 Å². The SMILES string of the molecule is OCCn1ncc2ccc(CO)c(Br)c21. The zero-order chi connectivity index (χ0) is 10.8. The number of benzene rings is 1. The van der Waals surface area contributed by atoms with E-state index in [1.165, 1.54) is 0 Å². The Bertz CT molecular complexity index is 481. The van der Waals surface area contributed by atoms with Gasteiger partial charge in [0.25, 0.3) is 0 Å². The second-order valence-electron chi connectivity index (χ2n) is 3.23. The summed E-state index contributed by atoms with van der Waals surface area (Å²) in [5.41, 5.74) is 1.73. The molecule has 0 aliphatic carbocycles. The number of aliphatic hydroxyl groups is 2. The fraction of sp³-hybridized carbons (Fsp3) is 0.300. The molecule has 0 saturated carbocycles. The van der Waals surface area contributed by atoms with Gasteiger partial charge in [0.2, 0.25) is 0 Å². The minimum Gasteiger partial charge on any atom is -0.394 e. The maximum absolute atomic E-state index is 9.13. The molecule has 0 aliphatic heterocycles. The summed E-state index contributed by atoms with van der Waals surface area (Å²) in [5.74, 6) is 0. The van der Waals surface area contributed by atoms with Crippen LogP contribution in [0.1, 0.15) is 5.56 Å². The van der Waals surface area contributed by atoms with Crippen molar-refractivity contribution in [3.63, 3.8) is 0 Å². The van der Waals surface area contributed by atoms with Crippen molar-refractivity contribution in [1.29, 1.82) is 0 Å². The summed E-state index contributed by atoms with van der Waals surface area (Å²) in [6.07, 6.45) is 1.75. The minimum atomic E-state index is -0.0131. The molecule has 0 fully saturated rings. The second kappa shape index (κ2) is 4.30. The molecule has 0 atom stereocenters. The Morgan fingerprint density at radius 2 is 2.13 bits per heavy atom. The number of fused-ring (bicyclic) bond motifs is 1. The highest BCUT2D eigenvalue weighted by molar-refractivity contribution is 9.10. The Kier molecular flexibility index (Phi) is 3.04. The van der Waals surface area contributed by atoms with Gasteiger partial charge in [-0.1, -0.05) is 12.1 Å². The molecule has 2 rings (SSSR count). The third-order valence-corrected chi connectivity index (χ3v) is 3.19. The number of hydrogen-bond acceptors (Lipinski definition) is 3. The van der Waals surface area contributed by atoms with Crippen LogP contribution >= 0.6 is 15.9 Å². The van der Waals surface area contributed by atoms with E-state index < -0.39 is 0 Å². The average molecular weight is 271 g/mol. The van der Waals surface area contributed by atoms with Gasteiger partial charge in [-0.25, -0.2) is 0 Å². The highest BCUT2D eigenvalue weighted by Crippen LogP contribution is 2.27. The van der Waals surface area contributed by atoms with Gasteiger partial charge < -0.3 is 10.2 Å². The van der Waals surface area contributed by atoms with Crippen molar-refractivity contribution in [2.75, 3.05) is 6.61 Å². The van der Waals surface area contributed by atoms with Crippen LogP contribution in [0.4, 0.5) is 0 Å². The molecule has 0 saturated heterocycles. The largest absolute Gasteiger partial charge is 0.394 e. The first-order valence-corrected chi connectivity index (χ1v) is 5.42. The smallest absolute Gasteiger partial charge is 0.0829 e. The maximum Gasteiger partial charge on any atom is 0.0829 e. The molecule has 2 N–H and O–H groups in total. The van der Waals surface area contributed by atoms with E-state index in [4.69, 9.17) is 10.2 Å². The first kappa shape index (κ1) is 10.6. The number of aromatic nitrogens is 2. The van der Waals surface area contributed by atoms with Gasteiger partial charge in [0.15, 0.2) is 0 Å². The van der Waals surface area contributed by atoms with E-state index in [1.807, 2.05) is 12.1 Å². The molecule has 0 bridgehead atoms. The lowest BCUT2D eigenvalue weighted by Crippen LogP contribution is -2.04. The van der Waals surface area contributed by atoms with Crippen molar-refractivity contribution >= 4 is 26.8 Å². The van der Waals surface area contributed by atoms with Crippen molar-refractivity contribution < 1.29 is 10.2 Å². The second-order valence-corrected chi connectivity index (χ2v) is 4.02. The quantitative estimate of drug-likeness (QED) is 0.884. The summed E-state index contributed by atoms with van der Waals surface area (Å²) in [6.45, 7) is 0.490. The molecule has 1 heterocycles. The lowest BCUT2D eigenvalue weighted by atomic mass is 10.2. The molecular formula is C10H11BrN2O2. The van der Waals surface area contributed by atoms with Crippen molar-refractivity contribution in [1.82, 2.24) is 9.78 Å². The molecule has 15 heavy (non-hydrogen) atoms. The van der Waals surface area contributed by atoms with Gasteiger partial charge in [0, 0.05) is 9.86 Å². The minimum absolute atomic E-state index is 0.0131. The molecule has 0 unspecified atom stereocenters. The molecule has 4 nitrogen and oxygen atoms in total. The standard InChI is InChI=1S/C10H11BrN2O2/c11-9-8(6-15)2-1-7-5-12-13(3-4-14)10(7)9/h1-2,5,14-15H,3-4,6H2. The van der Waals surface area contributed by atoms with Crippen LogP contribution < -0.4 is 0 Å². The maximum atomic E-state index is 9.13. The molecule has 1 aromatic heterocycles. The lowest BCUT2D eigenvalue weighted by molar-refractivity contribution is 0.271. The Morgan fingerprint density at radius 3 is 2.80 bits per heavy atom. The van der Waals surface area contributed by atoms with Crippen LogP contribution in [0, 0.1) is 0 Å². The molecule has 0 spiro atoms. The normalized spacial score (nSPS) is 11.1. The van der Waals surface area contributed by atoms with Crippen LogP contribution in [0.5, 0.6) is 0 Å². The monoisotopic (exact) mass is 270 g/mol. The van der Waals surface area contributed by atoms with E-state index in [-0.39, 0.29) is 13.2 Å². The molecule has 2 aromatic rings. The number of aliphatic hydroxyl groups excluding tert-OH is 2. The summed E-state index contributed by atoms with van der Waals surface area (Å²) in [7, 11) is 0. The van der Waals surface area contributed by atoms with Crippen LogP contribution in [0.15, 0.2) is 22.8 Å². The highest BCUT2D eigenvalue weighted by Gasteiger charge is 2.09. The van der Waals surface area contributed by atoms with E-state index in [1.54, 1.807) is 10.9 Å². The number of nitrogens with zero attached hydrogens (tertiary/aromatic N) is 2. The van der Waals surface area contributed by atoms with Gasteiger partial charge >= 0.3 is 0 Å². The topological polar surface area (TPSA) is 58.3 Å². The molecule has 1 aromatic carbocycles. The van der Waals surface area contributed by atoms with E-state index in [9.17, 15) is 0 Å². The van der Waals surface area contributed by atoms with Crippen molar-refractivity contribution in [2.24, 2.45) is 0 Å². The fourth-order valence-electron chi connectivity index (χ4n) is 1.56. The zero-order valence-electron chi connectivity index (χ0n) is 8.02. The Labute approximate surface area is 95.3 Å².